The van der Waals surface area contributed by atoms with Crippen molar-refractivity contribution in [1.29, 1.82) is 0 Å². The van der Waals surface area contributed by atoms with Crippen molar-refractivity contribution in [3.05, 3.63) is 39.3 Å². The molecule has 3 heterocycles. The third-order valence-electron chi connectivity index (χ3n) is 3.45. The Labute approximate surface area is 132 Å². The summed E-state index contributed by atoms with van der Waals surface area (Å²) in [4.78, 5) is 24.4. The van der Waals surface area contributed by atoms with Gasteiger partial charge in [-0.15, -0.1) is 11.3 Å². The highest BCUT2D eigenvalue weighted by Gasteiger charge is 2.21. The Morgan fingerprint density at radius 2 is 2.14 bits per heavy atom. The lowest BCUT2D eigenvalue weighted by Crippen LogP contribution is -2.36. The van der Waals surface area contributed by atoms with Crippen LogP contribution in [0.2, 0.25) is 0 Å². The molecule has 4 nitrogen and oxygen atoms in total. The van der Waals surface area contributed by atoms with Gasteiger partial charge in [-0.2, -0.15) is 0 Å². The molecule has 0 aromatic carbocycles. The van der Waals surface area contributed by atoms with Gasteiger partial charge in [0.1, 0.15) is 0 Å². The highest BCUT2D eigenvalue weighted by Crippen LogP contribution is 2.25. The van der Waals surface area contributed by atoms with Crippen LogP contribution in [0.5, 0.6) is 0 Å². The predicted molar refractivity (Wildman–Crippen MR) is 85.7 cm³/mol. The molecule has 2 aromatic rings. The van der Waals surface area contributed by atoms with Gasteiger partial charge in [0.05, 0.1) is 5.75 Å². The number of fused-ring (bicyclic) bond motifs is 1. The summed E-state index contributed by atoms with van der Waals surface area (Å²) in [5.41, 5.74) is 3.18. The minimum Gasteiger partial charge on any atom is -0.337 e. The molecule has 0 saturated carbocycles. The van der Waals surface area contributed by atoms with Gasteiger partial charge in [0.2, 0.25) is 5.91 Å². The molecule has 1 aliphatic rings. The van der Waals surface area contributed by atoms with E-state index >= 15 is 0 Å². The zero-order chi connectivity index (χ0) is 14.8. The third-order valence-corrected chi connectivity index (χ3v) is 5.30. The summed E-state index contributed by atoms with van der Waals surface area (Å²) in [6, 6.07) is 4.06. The second-order valence-corrected chi connectivity index (χ2v) is 7.10. The van der Waals surface area contributed by atoms with Crippen LogP contribution in [0, 0.1) is 13.8 Å². The van der Waals surface area contributed by atoms with Gasteiger partial charge in [-0.25, -0.2) is 9.97 Å². The van der Waals surface area contributed by atoms with E-state index in [1.165, 1.54) is 22.2 Å². The molecule has 0 saturated heterocycles. The first-order valence-electron chi connectivity index (χ1n) is 6.90. The molecule has 0 aliphatic carbocycles. The van der Waals surface area contributed by atoms with Crippen molar-refractivity contribution in [2.24, 2.45) is 0 Å². The van der Waals surface area contributed by atoms with Crippen LogP contribution < -0.4 is 0 Å². The van der Waals surface area contributed by atoms with E-state index in [2.05, 4.69) is 21.4 Å². The molecule has 1 amide bonds. The standard InChI is InChI=1S/C15H17N3OS2/c1-10-7-11(2)17-15(16-10)21-9-14(19)18-5-3-13-12(8-18)4-6-20-13/h4,6-7H,3,5,8-9H2,1-2H3. The van der Waals surface area contributed by atoms with Crippen LogP contribution in [0.15, 0.2) is 22.7 Å². The molecule has 1 aliphatic heterocycles. The number of thioether (sulfide) groups is 1. The molecule has 21 heavy (non-hydrogen) atoms. The first-order chi connectivity index (χ1) is 10.1. The molecule has 0 atom stereocenters. The highest BCUT2D eigenvalue weighted by atomic mass is 32.2. The van der Waals surface area contributed by atoms with E-state index in [0.717, 1.165) is 30.9 Å². The average Bonchev–Trinajstić information content (AvgIpc) is 2.91. The number of aromatic nitrogens is 2. The fraction of sp³-hybridized carbons (Fsp3) is 0.400. The molecule has 0 N–H and O–H groups in total. The number of carbonyl (C=O) groups excluding carboxylic acids is 1. The van der Waals surface area contributed by atoms with Crippen molar-refractivity contribution >= 4 is 29.0 Å². The molecule has 110 valence electrons. The first kappa shape index (κ1) is 14.5. The van der Waals surface area contributed by atoms with Gasteiger partial charge < -0.3 is 4.90 Å². The third kappa shape index (κ3) is 3.44. The van der Waals surface area contributed by atoms with Gasteiger partial charge >= 0.3 is 0 Å². The largest absolute Gasteiger partial charge is 0.337 e. The van der Waals surface area contributed by atoms with Crippen molar-refractivity contribution in [3.8, 4) is 0 Å². The van der Waals surface area contributed by atoms with Gasteiger partial charge in [-0.1, -0.05) is 11.8 Å². The second-order valence-electron chi connectivity index (χ2n) is 5.16. The Morgan fingerprint density at radius 3 is 2.90 bits per heavy atom. The van der Waals surface area contributed by atoms with Gasteiger partial charge in [0.25, 0.3) is 0 Å². The van der Waals surface area contributed by atoms with Crippen LogP contribution in [0.25, 0.3) is 0 Å². The summed E-state index contributed by atoms with van der Waals surface area (Å²) in [5, 5.41) is 2.80. The number of rotatable bonds is 3. The molecule has 0 fully saturated rings. The van der Waals surface area contributed by atoms with Crippen LogP contribution in [-0.2, 0) is 17.8 Å². The summed E-state index contributed by atoms with van der Waals surface area (Å²) in [6.07, 6.45) is 0.976. The highest BCUT2D eigenvalue weighted by molar-refractivity contribution is 7.99. The molecule has 0 bridgehead atoms. The van der Waals surface area contributed by atoms with E-state index < -0.39 is 0 Å². The first-order valence-corrected chi connectivity index (χ1v) is 8.76. The van der Waals surface area contributed by atoms with Crippen LogP contribution in [0.3, 0.4) is 0 Å². The summed E-state index contributed by atoms with van der Waals surface area (Å²) in [5.74, 6) is 0.571. The number of amides is 1. The lowest BCUT2D eigenvalue weighted by atomic mass is 10.1. The number of hydrogen-bond acceptors (Lipinski definition) is 5. The Bertz CT molecular complexity index is 648. The average molecular weight is 319 g/mol. The second kappa shape index (κ2) is 6.15. The number of carbonyl (C=O) groups is 1. The molecule has 0 unspecified atom stereocenters. The zero-order valence-electron chi connectivity index (χ0n) is 12.1. The van der Waals surface area contributed by atoms with E-state index in [0.29, 0.717) is 10.9 Å². The van der Waals surface area contributed by atoms with Crippen molar-refractivity contribution in [2.75, 3.05) is 12.3 Å². The Hall–Kier alpha value is -1.40. The molecular weight excluding hydrogens is 302 g/mol. The van der Waals surface area contributed by atoms with Gasteiger partial charge in [0, 0.05) is 29.4 Å². The van der Waals surface area contributed by atoms with Gasteiger partial charge in [-0.3, -0.25) is 4.79 Å². The molecule has 2 aromatic heterocycles. The van der Waals surface area contributed by atoms with Gasteiger partial charge in [0.15, 0.2) is 5.16 Å². The number of hydrogen-bond donors (Lipinski definition) is 0. The maximum absolute atomic E-state index is 12.3. The van der Waals surface area contributed by atoms with Crippen molar-refractivity contribution in [2.45, 2.75) is 32.0 Å². The fourth-order valence-corrected chi connectivity index (χ4v) is 4.18. The maximum Gasteiger partial charge on any atom is 0.233 e. The lowest BCUT2D eigenvalue weighted by molar-refractivity contribution is -0.129. The zero-order valence-corrected chi connectivity index (χ0v) is 13.8. The topological polar surface area (TPSA) is 46.1 Å². The molecule has 3 rings (SSSR count). The van der Waals surface area contributed by atoms with E-state index in [9.17, 15) is 4.79 Å². The number of thiophene rings is 1. The predicted octanol–water partition coefficient (Wildman–Crippen LogP) is 2.83. The smallest absolute Gasteiger partial charge is 0.233 e. The van der Waals surface area contributed by atoms with Crippen molar-refractivity contribution < 1.29 is 4.79 Å². The lowest BCUT2D eigenvalue weighted by Gasteiger charge is -2.26. The fourth-order valence-electron chi connectivity index (χ4n) is 2.44. The van der Waals surface area contributed by atoms with E-state index in [1.807, 2.05) is 24.8 Å². The van der Waals surface area contributed by atoms with Crippen molar-refractivity contribution in [3.63, 3.8) is 0 Å². The minimum absolute atomic E-state index is 0.166. The summed E-state index contributed by atoms with van der Waals surface area (Å²) < 4.78 is 0. The SMILES string of the molecule is Cc1cc(C)nc(SCC(=O)N2CCc3sccc3C2)n1. The molecule has 6 heteroatoms. The van der Waals surface area contributed by atoms with E-state index in [-0.39, 0.29) is 5.91 Å². The summed E-state index contributed by atoms with van der Waals surface area (Å²) >= 11 is 3.21. The number of aryl methyl sites for hydroxylation is 2. The molecule has 0 spiro atoms. The Balaban J connectivity index is 1.60. The van der Waals surface area contributed by atoms with Crippen molar-refractivity contribution in [1.82, 2.24) is 14.9 Å². The molecular formula is C15H17N3OS2. The minimum atomic E-state index is 0.166. The number of nitrogens with zero attached hydrogens (tertiary/aromatic N) is 3. The normalized spacial score (nSPS) is 14.1. The van der Waals surface area contributed by atoms with Crippen LogP contribution >= 0.6 is 23.1 Å². The van der Waals surface area contributed by atoms with Crippen LogP contribution in [-0.4, -0.2) is 33.1 Å². The Kier molecular flexibility index (Phi) is 4.26. The monoisotopic (exact) mass is 319 g/mol. The quantitative estimate of drug-likeness (QED) is 0.645. The maximum atomic E-state index is 12.3. The van der Waals surface area contributed by atoms with Crippen LogP contribution in [0.4, 0.5) is 0 Å². The summed E-state index contributed by atoms with van der Waals surface area (Å²) in [7, 11) is 0. The van der Waals surface area contributed by atoms with Crippen LogP contribution in [0.1, 0.15) is 21.8 Å². The summed E-state index contributed by atoms with van der Waals surface area (Å²) in [6.45, 7) is 5.46. The van der Waals surface area contributed by atoms with Gasteiger partial charge in [-0.05, 0) is 43.3 Å². The molecule has 0 radical (unpaired) electrons. The van der Waals surface area contributed by atoms with E-state index in [4.69, 9.17) is 0 Å². The van der Waals surface area contributed by atoms with E-state index in [1.54, 1.807) is 11.3 Å². The Morgan fingerprint density at radius 1 is 1.38 bits per heavy atom.